The fraction of sp³-hybridized carbons (Fsp3) is 0.895. The molecule has 1 heteroatoms. The zero-order valence-electron chi connectivity index (χ0n) is 13.3. The second-order valence-corrected chi connectivity index (χ2v) is 7.30. The lowest BCUT2D eigenvalue weighted by atomic mass is 9.68. The molecule has 0 aliphatic heterocycles. The van der Waals surface area contributed by atoms with Gasteiger partial charge in [0.2, 0.25) is 0 Å². The first-order valence-corrected chi connectivity index (χ1v) is 9.08. The van der Waals surface area contributed by atoms with Gasteiger partial charge < -0.3 is 0 Å². The van der Waals surface area contributed by atoms with Crippen LogP contribution in [-0.2, 0) is 0 Å². The molecule has 0 atom stereocenters. The van der Waals surface area contributed by atoms with Crippen LogP contribution in [0.3, 0.4) is 0 Å². The van der Waals surface area contributed by atoms with Gasteiger partial charge in [0.05, 0.1) is 6.33 Å². The normalized spacial score (nSPS) is 35.5. The molecule has 0 unspecified atom stereocenters. The van der Waals surface area contributed by atoms with Crippen molar-refractivity contribution in [2.45, 2.75) is 84.0 Å². The highest BCUT2D eigenvalue weighted by atomic mass is 19.1. The smallest absolute Gasteiger partial charge is 0.0827 e. The number of allylic oxidation sites excluding steroid dienone is 1. The fourth-order valence-corrected chi connectivity index (χ4v) is 4.58. The van der Waals surface area contributed by atoms with Crippen LogP contribution in [0.5, 0.6) is 0 Å². The van der Waals surface area contributed by atoms with Gasteiger partial charge in [-0.1, -0.05) is 45.1 Å². The number of hydrogen-bond donors (Lipinski definition) is 0. The highest BCUT2D eigenvalue weighted by molar-refractivity contribution is 4.85. The maximum atomic E-state index is 12.1. The number of halogens is 1. The lowest BCUT2D eigenvalue weighted by molar-refractivity contribution is 0.143. The predicted octanol–water partition coefficient (Wildman–Crippen LogP) is 6.66. The molecule has 0 aromatic rings. The molecule has 2 saturated carbocycles. The van der Waals surface area contributed by atoms with E-state index in [9.17, 15) is 4.39 Å². The van der Waals surface area contributed by atoms with E-state index in [-0.39, 0.29) is 0 Å². The molecule has 0 radical (unpaired) electrons. The van der Waals surface area contributed by atoms with Gasteiger partial charge in [0.25, 0.3) is 0 Å². The second kappa shape index (κ2) is 8.85. The molecule has 0 heterocycles. The number of unbranched alkanes of at least 4 members (excludes halogenated alkanes) is 1. The molecule has 20 heavy (non-hydrogen) atoms. The molecule has 0 aromatic heterocycles. The first-order valence-electron chi connectivity index (χ1n) is 9.08. The number of rotatable bonds is 6. The van der Waals surface area contributed by atoms with Gasteiger partial charge in [0, 0.05) is 0 Å². The summed E-state index contributed by atoms with van der Waals surface area (Å²) >= 11 is 0. The van der Waals surface area contributed by atoms with Crippen LogP contribution < -0.4 is 0 Å². The monoisotopic (exact) mass is 280 g/mol. The van der Waals surface area contributed by atoms with E-state index >= 15 is 0 Å². The Hall–Kier alpha value is -0.330. The van der Waals surface area contributed by atoms with Gasteiger partial charge in [-0.15, -0.1) is 0 Å². The van der Waals surface area contributed by atoms with Gasteiger partial charge in [0.15, 0.2) is 0 Å². The molecule has 0 spiro atoms. The Morgan fingerprint density at radius 2 is 1.40 bits per heavy atom. The van der Waals surface area contributed by atoms with E-state index in [1.54, 1.807) is 6.08 Å². The van der Waals surface area contributed by atoms with E-state index in [0.29, 0.717) is 0 Å². The summed E-state index contributed by atoms with van der Waals surface area (Å²) in [6, 6.07) is 0. The zero-order chi connectivity index (χ0) is 14.2. The van der Waals surface area contributed by atoms with Crippen LogP contribution in [-0.4, -0.2) is 0 Å². The lowest BCUT2D eigenvalue weighted by Crippen LogP contribution is -2.25. The van der Waals surface area contributed by atoms with Crippen molar-refractivity contribution in [3.05, 3.63) is 12.4 Å². The standard InChI is InChI=1S/C19H33F/c1-2-3-5-16-7-11-18(12-8-16)19-13-9-17(10-14-19)6-4-15-20/h4,15-19H,2-3,5-14H2,1H3. The first-order chi connectivity index (χ1) is 9.83. The highest BCUT2D eigenvalue weighted by Crippen LogP contribution is 2.42. The Kier molecular flexibility index (Phi) is 7.10. The van der Waals surface area contributed by atoms with Crippen molar-refractivity contribution in [1.29, 1.82) is 0 Å². The minimum Gasteiger partial charge on any atom is -0.216 e. The number of hydrogen-bond acceptors (Lipinski definition) is 0. The first kappa shape index (κ1) is 16.0. The van der Waals surface area contributed by atoms with Gasteiger partial charge in [0.1, 0.15) is 0 Å². The molecule has 0 aromatic carbocycles. The minimum atomic E-state index is 0.726. The molecule has 2 aliphatic carbocycles. The van der Waals surface area contributed by atoms with Gasteiger partial charge in [-0.25, -0.2) is 4.39 Å². The average molecular weight is 280 g/mol. The van der Waals surface area contributed by atoms with Crippen LogP contribution in [0.2, 0.25) is 0 Å². The van der Waals surface area contributed by atoms with Gasteiger partial charge in [-0.2, -0.15) is 0 Å². The summed E-state index contributed by atoms with van der Waals surface area (Å²) in [6.07, 6.45) is 19.2. The molecular weight excluding hydrogens is 247 g/mol. The molecule has 0 nitrogen and oxygen atoms in total. The summed E-state index contributed by atoms with van der Waals surface area (Å²) < 4.78 is 12.1. The van der Waals surface area contributed by atoms with Crippen LogP contribution in [0, 0.1) is 23.7 Å². The summed E-state index contributed by atoms with van der Waals surface area (Å²) in [7, 11) is 0. The van der Waals surface area contributed by atoms with E-state index in [1.165, 1.54) is 70.6 Å². The van der Waals surface area contributed by atoms with Crippen molar-refractivity contribution in [2.75, 3.05) is 0 Å². The van der Waals surface area contributed by atoms with Crippen molar-refractivity contribution >= 4 is 0 Å². The molecular formula is C19H33F. The summed E-state index contributed by atoms with van der Waals surface area (Å²) in [5.41, 5.74) is 0. The Balaban J connectivity index is 1.65. The van der Waals surface area contributed by atoms with Crippen LogP contribution in [0.15, 0.2) is 12.4 Å². The summed E-state index contributed by atoms with van der Waals surface area (Å²) in [4.78, 5) is 0. The zero-order valence-corrected chi connectivity index (χ0v) is 13.3. The van der Waals surface area contributed by atoms with E-state index < -0.39 is 0 Å². The maximum Gasteiger partial charge on any atom is 0.0827 e. The Labute approximate surface area is 125 Å². The largest absolute Gasteiger partial charge is 0.216 e. The summed E-state index contributed by atoms with van der Waals surface area (Å²) in [6.45, 7) is 2.31. The van der Waals surface area contributed by atoms with Gasteiger partial charge in [-0.05, 0) is 68.6 Å². The molecule has 0 amide bonds. The SMILES string of the molecule is CCCCC1CCC(C2CCC(CC=CF)CC2)CC1. The lowest BCUT2D eigenvalue weighted by Gasteiger charge is -2.37. The van der Waals surface area contributed by atoms with Crippen LogP contribution in [0.1, 0.15) is 84.0 Å². The molecule has 116 valence electrons. The van der Waals surface area contributed by atoms with Gasteiger partial charge in [-0.3, -0.25) is 0 Å². The summed E-state index contributed by atoms with van der Waals surface area (Å²) in [5, 5.41) is 0. The molecule has 2 fully saturated rings. The Morgan fingerprint density at radius 3 is 1.90 bits per heavy atom. The van der Waals surface area contributed by atoms with E-state index in [1.807, 2.05) is 0 Å². The highest BCUT2D eigenvalue weighted by Gasteiger charge is 2.30. The third kappa shape index (κ3) is 4.90. The predicted molar refractivity (Wildman–Crippen MR) is 85.3 cm³/mol. The summed E-state index contributed by atoms with van der Waals surface area (Å²) in [5.74, 6) is 3.81. The van der Waals surface area contributed by atoms with Crippen molar-refractivity contribution in [3.63, 3.8) is 0 Å². The quantitative estimate of drug-likeness (QED) is 0.510. The van der Waals surface area contributed by atoms with Crippen LogP contribution in [0.25, 0.3) is 0 Å². The average Bonchev–Trinajstić information content (AvgIpc) is 2.52. The minimum absolute atomic E-state index is 0.726. The van der Waals surface area contributed by atoms with Crippen molar-refractivity contribution in [2.24, 2.45) is 23.7 Å². The molecule has 2 rings (SSSR count). The van der Waals surface area contributed by atoms with Crippen LogP contribution in [0.4, 0.5) is 4.39 Å². The van der Waals surface area contributed by atoms with Crippen molar-refractivity contribution in [3.8, 4) is 0 Å². The van der Waals surface area contributed by atoms with E-state index in [4.69, 9.17) is 0 Å². The van der Waals surface area contributed by atoms with E-state index in [2.05, 4.69) is 6.92 Å². The molecule has 0 N–H and O–H groups in total. The Bertz CT molecular complexity index is 267. The Morgan fingerprint density at radius 1 is 0.850 bits per heavy atom. The fourth-order valence-electron chi connectivity index (χ4n) is 4.58. The second-order valence-electron chi connectivity index (χ2n) is 7.30. The van der Waals surface area contributed by atoms with Gasteiger partial charge >= 0.3 is 0 Å². The topological polar surface area (TPSA) is 0 Å². The maximum absolute atomic E-state index is 12.1. The van der Waals surface area contributed by atoms with E-state index in [0.717, 1.165) is 36.4 Å². The molecule has 0 saturated heterocycles. The van der Waals surface area contributed by atoms with Crippen molar-refractivity contribution in [1.82, 2.24) is 0 Å². The van der Waals surface area contributed by atoms with Crippen LogP contribution >= 0.6 is 0 Å². The third-order valence-electron chi connectivity index (χ3n) is 5.97. The molecule has 2 aliphatic rings. The van der Waals surface area contributed by atoms with Crippen molar-refractivity contribution < 1.29 is 4.39 Å². The third-order valence-corrected chi connectivity index (χ3v) is 5.97. The molecule has 0 bridgehead atoms.